The van der Waals surface area contributed by atoms with Crippen molar-refractivity contribution in [3.63, 3.8) is 0 Å². The second-order valence-electron chi connectivity index (χ2n) is 4.19. The average molecular weight is 254 g/mol. The molecule has 1 fully saturated rings. The Morgan fingerprint density at radius 1 is 1.61 bits per heavy atom. The van der Waals surface area contributed by atoms with Crippen LogP contribution in [-0.4, -0.2) is 36.8 Å². The Labute approximate surface area is 104 Å². The number of carbonyl (C=O) groups excluding carboxylic acids is 1. The Morgan fingerprint density at radius 2 is 2.39 bits per heavy atom. The molecule has 1 aromatic rings. The predicted molar refractivity (Wildman–Crippen MR) is 64.0 cm³/mol. The van der Waals surface area contributed by atoms with E-state index in [-0.39, 0.29) is 11.7 Å². The second-order valence-corrected chi connectivity index (χ2v) is 4.19. The molecule has 0 spiro atoms. The summed E-state index contributed by atoms with van der Waals surface area (Å²) in [6, 6.07) is 3.76. The number of carbonyl (C=O) groups is 1. The van der Waals surface area contributed by atoms with Crippen molar-refractivity contribution in [2.45, 2.75) is 18.6 Å². The third kappa shape index (κ3) is 2.77. The molecule has 0 aromatic heterocycles. The molecular weight excluding hydrogens is 239 g/mol. The highest BCUT2D eigenvalue weighted by atomic mass is 19.1. The van der Waals surface area contributed by atoms with Crippen molar-refractivity contribution in [1.29, 1.82) is 0 Å². The Hall–Kier alpha value is -1.66. The molecule has 2 atom stereocenters. The van der Waals surface area contributed by atoms with E-state index >= 15 is 0 Å². The minimum Gasteiger partial charge on any atom is -0.494 e. The van der Waals surface area contributed by atoms with Gasteiger partial charge in [-0.2, -0.15) is 0 Å². The number of hydrogen-bond donors (Lipinski definition) is 3. The number of β-amino-alcohol motifs (C(OH)–C–C–N with tert-alkyl or cyclic N) is 1. The van der Waals surface area contributed by atoms with Crippen molar-refractivity contribution in [2.75, 3.05) is 19.0 Å². The van der Waals surface area contributed by atoms with Crippen molar-refractivity contribution in [3.05, 3.63) is 24.0 Å². The molecule has 1 aliphatic rings. The maximum Gasteiger partial charge on any atom is 0.241 e. The van der Waals surface area contributed by atoms with Gasteiger partial charge in [0.1, 0.15) is 0 Å². The number of amides is 1. The fourth-order valence-electron chi connectivity index (χ4n) is 1.89. The van der Waals surface area contributed by atoms with Gasteiger partial charge in [0, 0.05) is 18.3 Å². The first kappa shape index (κ1) is 12.8. The molecule has 98 valence electrons. The summed E-state index contributed by atoms with van der Waals surface area (Å²) < 4.78 is 18.2. The van der Waals surface area contributed by atoms with Crippen molar-refractivity contribution in [3.8, 4) is 5.75 Å². The van der Waals surface area contributed by atoms with E-state index in [1.165, 1.54) is 19.2 Å². The summed E-state index contributed by atoms with van der Waals surface area (Å²) in [5.41, 5.74) is 0.362. The number of hydrogen-bond acceptors (Lipinski definition) is 4. The standard InChI is InChI=1S/C12H15FN2O3/c1-18-11-3-2-7(4-9(11)13)15-12(17)10-5-8(16)6-14-10/h2-4,8,10,14,16H,5-6H2,1H3,(H,15,17). The molecule has 3 N–H and O–H groups in total. The first-order valence-electron chi connectivity index (χ1n) is 5.66. The van der Waals surface area contributed by atoms with E-state index in [0.29, 0.717) is 18.7 Å². The van der Waals surface area contributed by atoms with E-state index < -0.39 is 18.0 Å². The summed E-state index contributed by atoms with van der Waals surface area (Å²) in [6.07, 6.45) is -0.141. The van der Waals surface area contributed by atoms with E-state index in [0.717, 1.165) is 0 Å². The van der Waals surface area contributed by atoms with E-state index in [1.807, 2.05) is 0 Å². The maximum atomic E-state index is 13.4. The largest absolute Gasteiger partial charge is 0.494 e. The number of benzene rings is 1. The number of anilines is 1. The van der Waals surface area contributed by atoms with Crippen LogP contribution in [0.15, 0.2) is 18.2 Å². The van der Waals surface area contributed by atoms with Gasteiger partial charge < -0.3 is 20.5 Å². The lowest BCUT2D eigenvalue weighted by molar-refractivity contribution is -0.117. The van der Waals surface area contributed by atoms with Crippen molar-refractivity contribution >= 4 is 11.6 Å². The summed E-state index contributed by atoms with van der Waals surface area (Å²) in [7, 11) is 1.38. The third-order valence-corrected chi connectivity index (χ3v) is 2.84. The molecule has 0 saturated carbocycles. The van der Waals surface area contributed by atoms with Crippen LogP contribution in [-0.2, 0) is 4.79 Å². The smallest absolute Gasteiger partial charge is 0.241 e. The molecule has 5 nitrogen and oxygen atoms in total. The van der Waals surface area contributed by atoms with Gasteiger partial charge in [0.25, 0.3) is 0 Å². The van der Waals surface area contributed by atoms with Gasteiger partial charge in [-0.1, -0.05) is 0 Å². The van der Waals surface area contributed by atoms with Gasteiger partial charge in [0.05, 0.1) is 19.3 Å². The molecule has 1 heterocycles. The van der Waals surface area contributed by atoms with Gasteiger partial charge in [0.2, 0.25) is 5.91 Å². The highest BCUT2D eigenvalue weighted by Crippen LogP contribution is 2.21. The minimum absolute atomic E-state index is 0.127. The van der Waals surface area contributed by atoms with Gasteiger partial charge >= 0.3 is 0 Å². The molecule has 1 amide bonds. The summed E-state index contributed by atoms with van der Waals surface area (Å²) in [5.74, 6) is -0.687. The molecule has 1 aromatic carbocycles. The number of ether oxygens (including phenoxy) is 1. The SMILES string of the molecule is COc1ccc(NC(=O)C2CC(O)CN2)cc1F. The van der Waals surface area contributed by atoms with Crippen LogP contribution in [0, 0.1) is 5.82 Å². The molecule has 1 aliphatic heterocycles. The highest BCUT2D eigenvalue weighted by molar-refractivity contribution is 5.95. The minimum atomic E-state index is -0.533. The molecule has 0 bridgehead atoms. The normalized spacial score (nSPS) is 22.8. The zero-order valence-electron chi connectivity index (χ0n) is 9.94. The zero-order chi connectivity index (χ0) is 13.1. The Kier molecular flexibility index (Phi) is 3.78. The summed E-state index contributed by atoms with van der Waals surface area (Å²) >= 11 is 0. The zero-order valence-corrected chi connectivity index (χ0v) is 9.94. The summed E-state index contributed by atoms with van der Waals surface area (Å²) in [6.45, 7) is 0.398. The number of rotatable bonds is 3. The second kappa shape index (κ2) is 5.32. The predicted octanol–water partition coefficient (Wildman–Crippen LogP) is 0.496. The van der Waals surface area contributed by atoms with E-state index in [4.69, 9.17) is 4.74 Å². The number of methoxy groups -OCH3 is 1. The van der Waals surface area contributed by atoms with Crippen LogP contribution in [0.3, 0.4) is 0 Å². The first-order chi connectivity index (χ1) is 8.60. The van der Waals surface area contributed by atoms with E-state index in [2.05, 4.69) is 10.6 Å². The maximum absolute atomic E-state index is 13.4. The van der Waals surface area contributed by atoms with Crippen molar-refractivity contribution in [2.24, 2.45) is 0 Å². The lowest BCUT2D eigenvalue weighted by atomic mass is 10.2. The van der Waals surface area contributed by atoms with Gasteiger partial charge in [-0.25, -0.2) is 4.39 Å². The molecule has 2 unspecified atom stereocenters. The quantitative estimate of drug-likeness (QED) is 0.734. The Morgan fingerprint density at radius 3 is 2.94 bits per heavy atom. The van der Waals surface area contributed by atoms with Gasteiger partial charge in [-0.3, -0.25) is 4.79 Å². The fraction of sp³-hybridized carbons (Fsp3) is 0.417. The summed E-state index contributed by atoms with van der Waals surface area (Å²) in [4.78, 5) is 11.8. The van der Waals surface area contributed by atoms with Crippen LogP contribution in [0.1, 0.15) is 6.42 Å². The lowest BCUT2D eigenvalue weighted by Crippen LogP contribution is -2.35. The Bertz CT molecular complexity index is 453. The number of nitrogens with one attached hydrogen (secondary N) is 2. The first-order valence-corrected chi connectivity index (χ1v) is 5.66. The number of aliphatic hydroxyl groups is 1. The summed E-state index contributed by atoms with van der Waals surface area (Å²) in [5, 5.41) is 14.8. The fourth-order valence-corrected chi connectivity index (χ4v) is 1.89. The molecule has 0 radical (unpaired) electrons. The van der Waals surface area contributed by atoms with E-state index in [1.54, 1.807) is 6.07 Å². The van der Waals surface area contributed by atoms with E-state index in [9.17, 15) is 14.3 Å². The lowest BCUT2D eigenvalue weighted by Gasteiger charge is -2.11. The number of aliphatic hydroxyl groups excluding tert-OH is 1. The Balaban J connectivity index is 2.01. The molecular formula is C12H15FN2O3. The van der Waals surface area contributed by atoms with Crippen molar-refractivity contribution in [1.82, 2.24) is 5.32 Å². The van der Waals surface area contributed by atoms with Crippen LogP contribution in [0.4, 0.5) is 10.1 Å². The van der Waals surface area contributed by atoms with Crippen LogP contribution in [0.25, 0.3) is 0 Å². The average Bonchev–Trinajstić information content (AvgIpc) is 2.76. The van der Waals surface area contributed by atoms with Crippen LogP contribution in [0.2, 0.25) is 0 Å². The molecule has 0 aliphatic carbocycles. The van der Waals surface area contributed by atoms with Crippen LogP contribution < -0.4 is 15.4 Å². The highest BCUT2D eigenvalue weighted by Gasteiger charge is 2.28. The molecule has 18 heavy (non-hydrogen) atoms. The van der Waals surface area contributed by atoms with Gasteiger partial charge in [-0.05, 0) is 18.6 Å². The topological polar surface area (TPSA) is 70.6 Å². The molecule has 2 rings (SSSR count). The molecule has 6 heteroatoms. The van der Waals surface area contributed by atoms with Crippen LogP contribution in [0.5, 0.6) is 5.75 Å². The van der Waals surface area contributed by atoms with Gasteiger partial charge in [-0.15, -0.1) is 0 Å². The molecule has 1 saturated heterocycles. The van der Waals surface area contributed by atoms with Gasteiger partial charge in [0.15, 0.2) is 11.6 Å². The monoisotopic (exact) mass is 254 g/mol. The van der Waals surface area contributed by atoms with Crippen molar-refractivity contribution < 1.29 is 19.0 Å². The number of halogens is 1. The third-order valence-electron chi connectivity index (χ3n) is 2.84. The van der Waals surface area contributed by atoms with Crippen LogP contribution >= 0.6 is 0 Å².